The highest BCUT2D eigenvalue weighted by molar-refractivity contribution is 6.09. The molecule has 2 fully saturated rings. The third-order valence-corrected chi connectivity index (χ3v) is 5.81. The fraction of sp³-hybridized carbons (Fsp3) is 0.450. The van der Waals surface area contributed by atoms with Gasteiger partial charge in [-0.2, -0.15) is 0 Å². The van der Waals surface area contributed by atoms with Gasteiger partial charge in [-0.05, 0) is 50.2 Å². The zero-order chi connectivity index (χ0) is 17.7. The number of carbonyl (C=O) groups excluding carboxylic acids is 3. The molecule has 4 aliphatic rings. The van der Waals surface area contributed by atoms with Gasteiger partial charge in [-0.1, -0.05) is 29.8 Å². The van der Waals surface area contributed by atoms with Crippen molar-refractivity contribution in [1.29, 1.82) is 0 Å². The first kappa shape index (κ1) is 16.1. The second kappa shape index (κ2) is 5.83. The summed E-state index contributed by atoms with van der Waals surface area (Å²) in [4.78, 5) is 39.0. The van der Waals surface area contributed by atoms with Crippen molar-refractivity contribution >= 4 is 23.4 Å². The first-order chi connectivity index (χ1) is 12.0. The molecule has 3 aliphatic carbocycles. The van der Waals surface area contributed by atoms with E-state index in [-0.39, 0.29) is 47.9 Å². The van der Waals surface area contributed by atoms with Crippen molar-refractivity contribution in [3.63, 3.8) is 0 Å². The van der Waals surface area contributed by atoms with Gasteiger partial charge in [-0.15, -0.1) is 0 Å². The summed E-state index contributed by atoms with van der Waals surface area (Å²) < 4.78 is 0. The van der Waals surface area contributed by atoms with E-state index in [1.807, 2.05) is 32.0 Å². The lowest BCUT2D eigenvalue weighted by Crippen LogP contribution is -2.38. The zero-order valence-corrected chi connectivity index (χ0v) is 14.5. The summed E-state index contributed by atoms with van der Waals surface area (Å²) in [5, 5.41) is 2.82. The lowest BCUT2D eigenvalue weighted by Gasteiger charge is -2.38. The molecule has 5 rings (SSSR count). The summed E-state index contributed by atoms with van der Waals surface area (Å²) in [5.41, 5.74) is 2.80. The molecular formula is C20H22N2O3. The molecule has 130 valence electrons. The van der Waals surface area contributed by atoms with E-state index in [1.54, 1.807) is 0 Å². The minimum absolute atomic E-state index is 0.152. The van der Waals surface area contributed by atoms with E-state index in [2.05, 4.69) is 17.5 Å². The lowest BCUT2D eigenvalue weighted by molar-refractivity contribution is -0.142. The average Bonchev–Trinajstić information content (AvgIpc) is 2.85. The molecular weight excluding hydrogens is 316 g/mol. The summed E-state index contributed by atoms with van der Waals surface area (Å²) in [5.74, 6) is -0.893. The second-order valence-electron chi connectivity index (χ2n) is 7.47. The Morgan fingerprint density at radius 1 is 1.08 bits per heavy atom. The molecule has 2 bridgehead atoms. The first-order valence-electron chi connectivity index (χ1n) is 8.86. The Morgan fingerprint density at radius 3 is 2.20 bits per heavy atom. The maximum atomic E-state index is 12.7. The number of fused-ring (bicyclic) bond motifs is 1. The van der Waals surface area contributed by atoms with Crippen LogP contribution in [0, 0.1) is 37.5 Å². The Hall–Kier alpha value is -2.43. The van der Waals surface area contributed by atoms with Gasteiger partial charge in [0.15, 0.2) is 0 Å². The quantitative estimate of drug-likeness (QED) is 0.680. The van der Waals surface area contributed by atoms with Gasteiger partial charge in [-0.3, -0.25) is 19.3 Å². The third-order valence-electron chi connectivity index (χ3n) is 5.81. The molecule has 25 heavy (non-hydrogen) atoms. The predicted octanol–water partition coefficient (Wildman–Crippen LogP) is 2.44. The summed E-state index contributed by atoms with van der Waals surface area (Å²) in [6, 6.07) is 5.76. The number of likely N-dealkylation sites (tertiary alicyclic amines) is 1. The number of amides is 3. The van der Waals surface area contributed by atoms with Gasteiger partial charge in [0.1, 0.15) is 6.54 Å². The number of benzene rings is 1. The lowest BCUT2D eigenvalue weighted by atomic mass is 9.63. The number of rotatable bonds is 3. The average molecular weight is 338 g/mol. The van der Waals surface area contributed by atoms with Crippen molar-refractivity contribution in [3.8, 4) is 0 Å². The van der Waals surface area contributed by atoms with E-state index >= 15 is 0 Å². The monoisotopic (exact) mass is 338 g/mol. The summed E-state index contributed by atoms with van der Waals surface area (Å²) in [6.07, 6.45) is 6.09. The van der Waals surface area contributed by atoms with Gasteiger partial charge < -0.3 is 5.32 Å². The minimum atomic E-state index is -0.326. The SMILES string of the molecule is Cc1ccc(NC(=O)CN2C(=O)[C@@H]3[C@@H](C2=O)[C@H]2C=C[C@H]3CC2)c(C)c1. The molecule has 4 atom stereocenters. The molecule has 1 aromatic carbocycles. The van der Waals surface area contributed by atoms with E-state index < -0.39 is 0 Å². The minimum Gasteiger partial charge on any atom is -0.324 e. The van der Waals surface area contributed by atoms with Crippen LogP contribution in [0.4, 0.5) is 5.69 Å². The summed E-state index contributed by atoms with van der Waals surface area (Å²) in [7, 11) is 0. The number of hydrogen-bond donors (Lipinski definition) is 1. The van der Waals surface area contributed by atoms with Gasteiger partial charge in [0, 0.05) is 5.69 Å². The molecule has 0 aromatic heterocycles. The molecule has 1 aliphatic heterocycles. The van der Waals surface area contributed by atoms with E-state index in [0.29, 0.717) is 5.69 Å². The van der Waals surface area contributed by atoms with Crippen LogP contribution in [-0.2, 0) is 14.4 Å². The van der Waals surface area contributed by atoms with Crippen LogP contribution >= 0.6 is 0 Å². The molecule has 0 radical (unpaired) electrons. The highest BCUT2D eigenvalue weighted by atomic mass is 16.2. The van der Waals surface area contributed by atoms with Crippen molar-refractivity contribution in [2.24, 2.45) is 23.7 Å². The molecule has 0 unspecified atom stereocenters. The molecule has 1 aromatic rings. The topological polar surface area (TPSA) is 66.5 Å². The van der Waals surface area contributed by atoms with Crippen LogP contribution < -0.4 is 5.32 Å². The fourth-order valence-electron chi connectivity index (χ4n) is 4.58. The number of anilines is 1. The summed E-state index contributed by atoms with van der Waals surface area (Å²) >= 11 is 0. The Balaban J connectivity index is 1.48. The molecule has 3 amide bonds. The Labute approximate surface area is 147 Å². The number of nitrogens with zero attached hydrogens (tertiary/aromatic N) is 1. The molecule has 1 saturated carbocycles. The highest BCUT2D eigenvalue weighted by Crippen LogP contribution is 2.49. The van der Waals surface area contributed by atoms with Crippen molar-refractivity contribution in [1.82, 2.24) is 4.90 Å². The van der Waals surface area contributed by atoms with Gasteiger partial charge >= 0.3 is 0 Å². The third kappa shape index (κ3) is 2.58. The Kier molecular flexibility index (Phi) is 3.74. The van der Waals surface area contributed by atoms with Crippen molar-refractivity contribution in [3.05, 3.63) is 41.5 Å². The summed E-state index contributed by atoms with van der Waals surface area (Å²) in [6.45, 7) is 3.72. The van der Waals surface area contributed by atoms with Crippen LogP contribution in [0.5, 0.6) is 0 Å². The van der Waals surface area contributed by atoms with Crippen molar-refractivity contribution in [2.75, 3.05) is 11.9 Å². The number of allylic oxidation sites excluding steroid dienone is 2. The smallest absolute Gasteiger partial charge is 0.244 e. The van der Waals surface area contributed by atoms with Gasteiger partial charge in [0.25, 0.3) is 0 Å². The van der Waals surface area contributed by atoms with Crippen molar-refractivity contribution < 1.29 is 14.4 Å². The van der Waals surface area contributed by atoms with Gasteiger partial charge in [0.05, 0.1) is 11.8 Å². The first-order valence-corrected chi connectivity index (χ1v) is 8.86. The predicted molar refractivity (Wildman–Crippen MR) is 93.6 cm³/mol. The largest absolute Gasteiger partial charge is 0.324 e. The van der Waals surface area contributed by atoms with E-state index in [9.17, 15) is 14.4 Å². The molecule has 5 heteroatoms. The van der Waals surface area contributed by atoms with Crippen LogP contribution in [0.1, 0.15) is 24.0 Å². The molecule has 1 N–H and O–H groups in total. The fourth-order valence-corrected chi connectivity index (χ4v) is 4.58. The van der Waals surface area contributed by atoms with E-state index in [0.717, 1.165) is 24.0 Å². The highest BCUT2D eigenvalue weighted by Gasteiger charge is 2.56. The van der Waals surface area contributed by atoms with Gasteiger partial charge in [0.2, 0.25) is 17.7 Å². The number of nitrogens with one attached hydrogen (secondary N) is 1. The van der Waals surface area contributed by atoms with Crippen LogP contribution in [-0.4, -0.2) is 29.2 Å². The van der Waals surface area contributed by atoms with Gasteiger partial charge in [-0.25, -0.2) is 0 Å². The van der Waals surface area contributed by atoms with Crippen LogP contribution in [0.3, 0.4) is 0 Å². The molecule has 1 heterocycles. The van der Waals surface area contributed by atoms with E-state index in [4.69, 9.17) is 0 Å². The van der Waals surface area contributed by atoms with E-state index in [1.165, 1.54) is 4.90 Å². The molecule has 5 nitrogen and oxygen atoms in total. The second-order valence-corrected chi connectivity index (χ2v) is 7.47. The normalized spacial score (nSPS) is 29.9. The van der Waals surface area contributed by atoms with Crippen LogP contribution in [0.25, 0.3) is 0 Å². The Bertz CT molecular complexity index is 766. The molecule has 1 saturated heterocycles. The number of aryl methyl sites for hydroxylation is 2. The maximum Gasteiger partial charge on any atom is 0.244 e. The standard InChI is InChI=1S/C20H22N2O3/c1-11-3-8-15(12(2)9-11)21-16(23)10-22-19(24)17-13-4-5-14(7-6-13)18(17)20(22)25/h3-5,8-9,13-14,17-18H,6-7,10H2,1-2H3,(H,21,23)/t13-,14-,17-,18-/m0/s1. The van der Waals surface area contributed by atoms with Crippen LogP contribution in [0.2, 0.25) is 0 Å². The zero-order valence-electron chi connectivity index (χ0n) is 14.5. The van der Waals surface area contributed by atoms with Crippen molar-refractivity contribution in [2.45, 2.75) is 26.7 Å². The number of imide groups is 1. The number of hydrogen-bond acceptors (Lipinski definition) is 3. The molecule has 0 spiro atoms. The Morgan fingerprint density at radius 2 is 1.68 bits per heavy atom. The number of carbonyl (C=O) groups is 3. The maximum absolute atomic E-state index is 12.7. The van der Waals surface area contributed by atoms with Crippen LogP contribution in [0.15, 0.2) is 30.4 Å².